The maximum absolute atomic E-state index is 9.05. The second-order valence-electron chi connectivity index (χ2n) is 3.54. The molecule has 3 N–H and O–H groups in total. The van der Waals surface area contributed by atoms with Gasteiger partial charge in [-0.2, -0.15) is 0 Å². The van der Waals surface area contributed by atoms with E-state index in [2.05, 4.69) is 0 Å². The van der Waals surface area contributed by atoms with Gasteiger partial charge in [0.2, 0.25) is 0 Å². The third-order valence-corrected chi connectivity index (χ3v) is 2.06. The lowest BCUT2D eigenvalue weighted by atomic mass is 10.1. The summed E-state index contributed by atoms with van der Waals surface area (Å²) in [4.78, 5) is 0. The molecule has 0 radical (unpaired) electrons. The van der Waals surface area contributed by atoms with Crippen LogP contribution in [0.5, 0.6) is 5.75 Å². The summed E-state index contributed by atoms with van der Waals surface area (Å²) in [5.41, 5.74) is 6.90. The lowest BCUT2D eigenvalue weighted by molar-refractivity contribution is 0.475. The lowest BCUT2D eigenvalue weighted by Crippen LogP contribution is -2.14. The fourth-order valence-corrected chi connectivity index (χ4v) is 1.29. The van der Waals surface area contributed by atoms with Gasteiger partial charge >= 0.3 is 0 Å². The van der Waals surface area contributed by atoms with Gasteiger partial charge in [0.25, 0.3) is 0 Å². The highest BCUT2D eigenvalue weighted by molar-refractivity contribution is 5.25. The second-order valence-corrected chi connectivity index (χ2v) is 3.54. The minimum Gasteiger partial charge on any atom is -0.508 e. The molecule has 1 unspecified atom stereocenters. The van der Waals surface area contributed by atoms with Crippen molar-refractivity contribution < 1.29 is 5.11 Å². The molecule has 1 rings (SSSR count). The minimum absolute atomic E-state index is 0.289. The predicted molar refractivity (Wildman–Crippen MR) is 54.7 cm³/mol. The summed E-state index contributed by atoms with van der Waals surface area (Å²) in [6.45, 7) is 2.02. The first-order chi connectivity index (χ1) is 6.18. The number of aryl methyl sites for hydroxylation is 1. The zero-order valence-electron chi connectivity index (χ0n) is 8.03. The summed E-state index contributed by atoms with van der Waals surface area (Å²) in [6.07, 6.45) is 3.21. The van der Waals surface area contributed by atoms with E-state index in [0.717, 1.165) is 19.3 Å². The van der Waals surface area contributed by atoms with Crippen LogP contribution in [0.2, 0.25) is 0 Å². The van der Waals surface area contributed by atoms with E-state index in [-0.39, 0.29) is 6.04 Å². The molecule has 1 aromatic carbocycles. The van der Waals surface area contributed by atoms with Crippen molar-refractivity contribution in [1.29, 1.82) is 0 Å². The molecule has 0 fully saturated rings. The molecule has 0 heterocycles. The Hall–Kier alpha value is -1.02. The summed E-state index contributed by atoms with van der Waals surface area (Å²) >= 11 is 0. The number of nitrogens with two attached hydrogens (primary N) is 1. The van der Waals surface area contributed by atoms with E-state index in [1.54, 1.807) is 12.1 Å². The molecule has 0 saturated heterocycles. The van der Waals surface area contributed by atoms with Crippen LogP contribution < -0.4 is 5.73 Å². The van der Waals surface area contributed by atoms with Gasteiger partial charge in [-0.15, -0.1) is 0 Å². The van der Waals surface area contributed by atoms with E-state index in [9.17, 15) is 0 Å². The fourth-order valence-electron chi connectivity index (χ4n) is 1.29. The van der Waals surface area contributed by atoms with Crippen molar-refractivity contribution in [3.05, 3.63) is 29.8 Å². The summed E-state index contributed by atoms with van der Waals surface area (Å²) in [6, 6.07) is 7.65. The summed E-state index contributed by atoms with van der Waals surface area (Å²) < 4.78 is 0. The van der Waals surface area contributed by atoms with E-state index in [0.29, 0.717) is 5.75 Å². The van der Waals surface area contributed by atoms with Gasteiger partial charge in [0, 0.05) is 6.04 Å². The molecule has 2 nitrogen and oxygen atoms in total. The van der Waals surface area contributed by atoms with E-state index in [1.807, 2.05) is 19.1 Å². The number of phenols is 1. The predicted octanol–water partition coefficient (Wildman–Crippen LogP) is 2.06. The van der Waals surface area contributed by atoms with E-state index in [1.165, 1.54) is 5.56 Å². The van der Waals surface area contributed by atoms with Crippen LogP contribution in [0.1, 0.15) is 25.3 Å². The Morgan fingerprint density at radius 1 is 1.31 bits per heavy atom. The molecular weight excluding hydrogens is 162 g/mol. The average molecular weight is 179 g/mol. The third-order valence-electron chi connectivity index (χ3n) is 2.06. The molecule has 2 heteroatoms. The maximum atomic E-state index is 9.05. The highest BCUT2D eigenvalue weighted by atomic mass is 16.3. The Morgan fingerprint density at radius 2 is 1.92 bits per heavy atom. The summed E-state index contributed by atoms with van der Waals surface area (Å²) in [5.74, 6) is 0.330. The molecule has 1 atom stereocenters. The molecule has 0 aliphatic rings. The summed E-state index contributed by atoms with van der Waals surface area (Å²) in [5, 5.41) is 9.05. The Labute approximate surface area is 79.4 Å². The number of phenolic OH excluding ortho intramolecular Hbond substituents is 1. The van der Waals surface area contributed by atoms with E-state index >= 15 is 0 Å². The Kier molecular flexibility index (Phi) is 3.77. The topological polar surface area (TPSA) is 46.2 Å². The maximum Gasteiger partial charge on any atom is 0.115 e. The van der Waals surface area contributed by atoms with Crippen LogP contribution in [-0.2, 0) is 6.42 Å². The zero-order chi connectivity index (χ0) is 9.68. The third kappa shape index (κ3) is 3.95. The quantitative estimate of drug-likeness (QED) is 0.743. The Bertz CT molecular complexity index is 241. The molecule has 0 bridgehead atoms. The van der Waals surface area contributed by atoms with Crippen LogP contribution in [0.3, 0.4) is 0 Å². The van der Waals surface area contributed by atoms with Crippen molar-refractivity contribution in [2.24, 2.45) is 5.73 Å². The molecular formula is C11H17NO. The van der Waals surface area contributed by atoms with Gasteiger partial charge in [0.15, 0.2) is 0 Å². The number of hydrogen-bond donors (Lipinski definition) is 2. The first kappa shape index (κ1) is 10.1. The van der Waals surface area contributed by atoms with Gasteiger partial charge in [-0.3, -0.25) is 0 Å². The van der Waals surface area contributed by atoms with Gasteiger partial charge in [0.05, 0.1) is 0 Å². The van der Waals surface area contributed by atoms with Gasteiger partial charge in [-0.25, -0.2) is 0 Å². The molecule has 0 saturated carbocycles. The molecule has 13 heavy (non-hydrogen) atoms. The highest BCUT2D eigenvalue weighted by Crippen LogP contribution is 2.11. The largest absolute Gasteiger partial charge is 0.508 e. The van der Waals surface area contributed by atoms with Gasteiger partial charge in [0.1, 0.15) is 5.75 Å². The van der Waals surface area contributed by atoms with Crippen LogP contribution >= 0.6 is 0 Å². The lowest BCUT2D eigenvalue weighted by Gasteiger charge is -2.04. The van der Waals surface area contributed by atoms with Crippen molar-refractivity contribution >= 4 is 0 Å². The van der Waals surface area contributed by atoms with Crippen molar-refractivity contribution in [1.82, 2.24) is 0 Å². The number of rotatable bonds is 4. The normalized spacial score (nSPS) is 12.8. The van der Waals surface area contributed by atoms with Crippen molar-refractivity contribution in [3.63, 3.8) is 0 Å². The van der Waals surface area contributed by atoms with Crippen molar-refractivity contribution in [2.45, 2.75) is 32.2 Å². The van der Waals surface area contributed by atoms with Crippen LogP contribution in [-0.4, -0.2) is 11.1 Å². The average Bonchev–Trinajstić information content (AvgIpc) is 2.08. The van der Waals surface area contributed by atoms with Gasteiger partial charge in [-0.05, 0) is 43.9 Å². The van der Waals surface area contributed by atoms with Crippen molar-refractivity contribution in [2.75, 3.05) is 0 Å². The number of hydrogen-bond acceptors (Lipinski definition) is 2. The zero-order valence-corrected chi connectivity index (χ0v) is 8.03. The Balaban J connectivity index is 2.33. The van der Waals surface area contributed by atoms with Crippen molar-refractivity contribution in [3.8, 4) is 5.75 Å². The van der Waals surface area contributed by atoms with Crippen LogP contribution in [0, 0.1) is 0 Å². The molecule has 0 aliphatic carbocycles. The molecule has 0 aromatic heterocycles. The van der Waals surface area contributed by atoms with Gasteiger partial charge in [-0.1, -0.05) is 12.1 Å². The van der Waals surface area contributed by atoms with E-state index in [4.69, 9.17) is 10.8 Å². The molecule has 1 aromatic rings. The van der Waals surface area contributed by atoms with Gasteiger partial charge < -0.3 is 10.8 Å². The molecule has 0 spiro atoms. The van der Waals surface area contributed by atoms with Crippen LogP contribution in [0.15, 0.2) is 24.3 Å². The number of aromatic hydroxyl groups is 1. The standard InChI is InChI=1S/C11H17NO/c1-9(12)3-2-4-10-5-7-11(13)8-6-10/h5-9,13H,2-4,12H2,1H3. The van der Waals surface area contributed by atoms with E-state index < -0.39 is 0 Å². The highest BCUT2D eigenvalue weighted by Gasteiger charge is 1.96. The van der Waals surface area contributed by atoms with Crippen LogP contribution in [0.4, 0.5) is 0 Å². The second kappa shape index (κ2) is 4.87. The smallest absolute Gasteiger partial charge is 0.115 e. The fraction of sp³-hybridized carbons (Fsp3) is 0.455. The Morgan fingerprint density at radius 3 is 2.46 bits per heavy atom. The molecule has 72 valence electrons. The summed E-state index contributed by atoms with van der Waals surface area (Å²) in [7, 11) is 0. The first-order valence-electron chi connectivity index (χ1n) is 4.72. The molecule has 0 amide bonds. The molecule has 0 aliphatic heterocycles. The minimum atomic E-state index is 0.289. The van der Waals surface area contributed by atoms with Crippen LogP contribution in [0.25, 0.3) is 0 Å². The SMILES string of the molecule is CC(N)CCCc1ccc(O)cc1. The number of benzene rings is 1. The monoisotopic (exact) mass is 179 g/mol. The first-order valence-corrected chi connectivity index (χ1v) is 4.72.